The summed E-state index contributed by atoms with van der Waals surface area (Å²) in [6, 6.07) is 14.1. The van der Waals surface area contributed by atoms with E-state index >= 15 is 0 Å². The van der Waals surface area contributed by atoms with Gasteiger partial charge in [-0.25, -0.2) is 4.98 Å². The van der Waals surface area contributed by atoms with Crippen LogP contribution in [0.3, 0.4) is 0 Å². The van der Waals surface area contributed by atoms with E-state index in [1.54, 1.807) is 0 Å². The van der Waals surface area contributed by atoms with Crippen molar-refractivity contribution in [2.45, 2.75) is 45.6 Å². The summed E-state index contributed by atoms with van der Waals surface area (Å²) in [5, 5.41) is 9.95. The quantitative estimate of drug-likeness (QED) is 0.580. The van der Waals surface area contributed by atoms with Crippen LogP contribution in [-0.4, -0.2) is 27.8 Å². The van der Waals surface area contributed by atoms with E-state index < -0.39 is 0 Å². The van der Waals surface area contributed by atoms with E-state index in [2.05, 4.69) is 32.0 Å². The number of amides is 2. The standard InChI is InChI=1S/C23H25N5O2/c1-14(29)24-19-10-7-16(8-11-19)17-9-12-21-20(13-17)22(26-18-5-3-4-6-18)28-23(27-21)25-15(2)30/h7-13,18H,3-6H2,1-2H3,(H,24,29)(H2,25,26,27,28,30). The molecule has 154 valence electrons. The summed E-state index contributed by atoms with van der Waals surface area (Å²) in [5.41, 5.74) is 3.60. The predicted molar refractivity (Wildman–Crippen MR) is 119 cm³/mol. The SMILES string of the molecule is CC(=O)Nc1ccc(-c2ccc3nc(NC(C)=O)nc(NC4CCCC4)c3c2)cc1. The van der Waals surface area contributed by atoms with Gasteiger partial charge in [-0.15, -0.1) is 0 Å². The Balaban J connectivity index is 1.72. The molecule has 3 aromatic rings. The Morgan fingerprint density at radius 2 is 1.53 bits per heavy atom. The van der Waals surface area contributed by atoms with Crippen molar-refractivity contribution in [1.29, 1.82) is 0 Å². The summed E-state index contributed by atoms with van der Waals surface area (Å²) >= 11 is 0. The number of fused-ring (bicyclic) bond motifs is 1. The van der Waals surface area contributed by atoms with Crippen molar-refractivity contribution in [2.24, 2.45) is 0 Å². The van der Waals surface area contributed by atoms with E-state index in [9.17, 15) is 9.59 Å². The number of nitrogens with zero attached hydrogens (tertiary/aromatic N) is 2. The molecule has 3 N–H and O–H groups in total. The molecule has 0 unspecified atom stereocenters. The smallest absolute Gasteiger partial charge is 0.231 e. The Labute approximate surface area is 175 Å². The maximum absolute atomic E-state index is 11.5. The maximum Gasteiger partial charge on any atom is 0.231 e. The number of nitrogens with one attached hydrogen (secondary N) is 3. The van der Waals surface area contributed by atoms with Gasteiger partial charge in [0.15, 0.2) is 0 Å². The Kier molecular flexibility index (Phi) is 5.61. The maximum atomic E-state index is 11.5. The molecule has 1 heterocycles. The summed E-state index contributed by atoms with van der Waals surface area (Å²) in [6.45, 7) is 2.94. The van der Waals surface area contributed by atoms with E-state index in [1.807, 2.05) is 36.4 Å². The molecule has 30 heavy (non-hydrogen) atoms. The van der Waals surface area contributed by atoms with E-state index in [-0.39, 0.29) is 11.8 Å². The molecule has 1 saturated carbocycles. The van der Waals surface area contributed by atoms with Gasteiger partial charge in [0.1, 0.15) is 5.82 Å². The van der Waals surface area contributed by atoms with Gasteiger partial charge in [0.2, 0.25) is 17.8 Å². The number of rotatable bonds is 5. The molecule has 2 amide bonds. The lowest BCUT2D eigenvalue weighted by atomic mass is 10.0. The first kappa shape index (κ1) is 19.8. The molecule has 4 rings (SSSR count). The lowest BCUT2D eigenvalue weighted by Crippen LogP contribution is -2.17. The van der Waals surface area contributed by atoms with Crippen molar-refractivity contribution in [3.8, 4) is 11.1 Å². The van der Waals surface area contributed by atoms with Gasteiger partial charge in [0.25, 0.3) is 0 Å². The van der Waals surface area contributed by atoms with Gasteiger partial charge in [-0.1, -0.05) is 31.0 Å². The third-order valence-corrected chi connectivity index (χ3v) is 5.22. The average molecular weight is 403 g/mol. The molecule has 0 saturated heterocycles. The largest absolute Gasteiger partial charge is 0.367 e. The molecular weight excluding hydrogens is 378 g/mol. The van der Waals surface area contributed by atoms with Gasteiger partial charge < -0.3 is 10.6 Å². The van der Waals surface area contributed by atoms with Gasteiger partial charge in [-0.05, 0) is 48.2 Å². The van der Waals surface area contributed by atoms with Crippen LogP contribution in [0.15, 0.2) is 42.5 Å². The minimum absolute atomic E-state index is 0.0943. The molecule has 0 spiro atoms. The highest BCUT2D eigenvalue weighted by Crippen LogP contribution is 2.31. The Morgan fingerprint density at radius 1 is 0.867 bits per heavy atom. The van der Waals surface area contributed by atoms with Crippen LogP contribution in [0.1, 0.15) is 39.5 Å². The fourth-order valence-electron chi connectivity index (χ4n) is 3.84. The van der Waals surface area contributed by atoms with Crippen LogP contribution in [0.4, 0.5) is 17.5 Å². The van der Waals surface area contributed by atoms with Crippen LogP contribution >= 0.6 is 0 Å². The first-order chi connectivity index (χ1) is 14.5. The Bertz CT molecular complexity index is 1090. The zero-order valence-corrected chi connectivity index (χ0v) is 17.2. The normalized spacial score (nSPS) is 13.9. The van der Waals surface area contributed by atoms with Gasteiger partial charge in [0.05, 0.1) is 5.52 Å². The van der Waals surface area contributed by atoms with E-state index in [0.29, 0.717) is 12.0 Å². The minimum Gasteiger partial charge on any atom is -0.367 e. The van der Waals surface area contributed by atoms with Gasteiger partial charge in [-0.3, -0.25) is 14.9 Å². The molecule has 0 aliphatic heterocycles. The lowest BCUT2D eigenvalue weighted by Gasteiger charge is -2.16. The van der Waals surface area contributed by atoms with Crippen LogP contribution in [0.5, 0.6) is 0 Å². The summed E-state index contributed by atoms with van der Waals surface area (Å²) in [6.07, 6.45) is 4.66. The number of hydrogen-bond donors (Lipinski definition) is 3. The first-order valence-electron chi connectivity index (χ1n) is 10.2. The molecule has 7 nitrogen and oxygen atoms in total. The van der Waals surface area contributed by atoms with Crippen molar-refractivity contribution in [3.05, 3.63) is 42.5 Å². The van der Waals surface area contributed by atoms with Crippen molar-refractivity contribution < 1.29 is 9.59 Å². The van der Waals surface area contributed by atoms with Gasteiger partial charge >= 0.3 is 0 Å². The van der Waals surface area contributed by atoms with Crippen molar-refractivity contribution >= 4 is 40.2 Å². The summed E-state index contributed by atoms with van der Waals surface area (Å²) < 4.78 is 0. The summed E-state index contributed by atoms with van der Waals surface area (Å²) in [4.78, 5) is 31.8. The zero-order chi connectivity index (χ0) is 21.1. The third-order valence-electron chi connectivity index (χ3n) is 5.22. The third kappa shape index (κ3) is 4.56. The summed E-state index contributed by atoms with van der Waals surface area (Å²) in [7, 11) is 0. The number of carbonyl (C=O) groups excluding carboxylic acids is 2. The number of benzene rings is 2. The molecule has 1 aliphatic rings. The van der Waals surface area contributed by atoms with Crippen LogP contribution in [-0.2, 0) is 9.59 Å². The topological polar surface area (TPSA) is 96.0 Å². The van der Waals surface area contributed by atoms with Crippen LogP contribution in [0.2, 0.25) is 0 Å². The van der Waals surface area contributed by atoms with E-state index in [0.717, 1.165) is 46.4 Å². The molecule has 1 fully saturated rings. The Hall–Kier alpha value is -3.48. The number of hydrogen-bond acceptors (Lipinski definition) is 5. The second kappa shape index (κ2) is 8.49. The second-order valence-corrected chi connectivity index (χ2v) is 7.69. The highest BCUT2D eigenvalue weighted by molar-refractivity contribution is 5.95. The molecule has 0 atom stereocenters. The van der Waals surface area contributed by atoms with Crippen LogP contribution in [0, 0.1) is 0 Å². The van der Waals surface area contributed by atoms with Crippen molar-refractivity contribution in [1.82, 2.24) is 9.97 Å². The number of carbonyl (C=O) groups is 2. The van der Waals surface area contributed by atoms with E-state index in [1.165, 1.54) is 26.7 Å². The average Bonchev–Trinajstić information content (AvgIpc) is 3.20. The predicted octanol–water partition coefficient (Wildman–Crippen LogP) is 4.57. The van der Waals surface area contributed by atoms with Gasteiger partial charge in [0, 0.05) is 31.0 Å². The number of aromatic nitrogens is 2. The monoisotopic (exact) mass is 403 g/mol. The van der Waals surface area contributed by atoms with Gasteiger partial charge in [-0.2, -0.15) is 4.98 Å². The highest BCUT2D eigenvalue weighted by atomic mass is 16.2. The molecule has 1 aromatic heterocycles. The molecular formula is C23H25N5O2. The fraction of sp³-hybridized carbons (Fsp3) is 0.304. The van der Waals surface area contributed by atoms with Crippen molar-refractivity contribution in [3.63, 3.8) is 0 Å². The Morgan fingerprint density at radius 3 is 2.20 bits per heavy atom. The van der Waals surface area contributed by atoms with E-state index in [4.69, 9.17) is 0 Å². The fourth-order valence-corrected chi connectivity index (χ4v) is 3.84. The molecule has 0 radical (unpaired) electrons. The van der Waals surface area contributed by atoms with Crippen molar-refractivity contribution in [2.75, 3.05) is 16.0 Å². The molecule has 1 aliphatic carbocycles. The first-order valence-corrected chi connectivity index (χ1v) is 10.2. The molecule has 7 heteroatoms. The summed E-state index contributed by atoms with van der Waals surface area (Å²) in [5.74, 6) is 0.760. The van der Waals surface area contributed by atoms with Crippen LogP contribution < -0.4 is 16.0 Å². The van der Waals surface area contributed by atoms with Crippen LogP contribution in [0.25, 0.3) is 22.0 Å². The highest BCUT2D eigenvalue weighted by Gasteiger charge is 2.18. The molecule has 0 bridgehead atoms. The zero-order valence-electron chi connectivity index (χ0n) is 17.2. The lowest BCUT2D eigenvalue weighted by molar-refractivity contribution is -0.115. The molecule has 2 aromatic carbocycles. The second-order valence-electron chi connectivity index (χ2n) is 7.69. The minimum atomic E-state index is -0.197. The number of anilines is 3.